The summed E-state index contributed by atoms with van der Waals surface area (Å²) < 4.78 is 35.7. The Balaban J connectivity index is 1.24. The van der Waals surface area contributed by atoms with E-state index in [1.165, 1.54) is 6.42 Å². The highest BCUT2D eigenvalue weighted by molar-refractivity contribution is 6.00. The van der Waals surface area contributed by atoms with Crippen molar-refractivity contribution in [3.63, 3.8) is 0 Å². The first-order valence-corrected chi connectivity index (χ1v) is 18.9. The van der Waals surface area contributed by atoms with E-state index < -0.39 is 36.4 Å². The lowest BCUT2D eigenvalue weighted by molar-refractivity contribution is -0.142. The molecule has 2 aliphatic carbocycles. The number of alkyl halides is 1. The highest BCUT2D eigenvalue weighted by Crippen LogP contribution is 2.41. The Kier molecular flexibility index (Phi) is 13.4. The van der Waals surface area contributed by atoms with Crippen LogP contribution in [0.5, 0.6) is 0 Å². The van der Waals surface area contributed by atoms with Gasteiger partial charge in [-0.3, -0.25) is 9.59 Å². The van der Waals surface area contributed by atoms with Gasteiger partial charge >= 0.3 is 12.1 Å². The third kappa shape index (κ3) is 10.2. The Labute approximate surface area is 300 Å². The Morgan fingerprint density at radius 3 is 2.41 bits per heavy atom. The summed E-state index contributed by atoms with van der Waals surface area (Å²) in [6.45, 7) is 8.36. The van der Waals surface area contributed by atoms with Crippen molar-refractivity contribution in [1.82, 2.24) is 10.2 Å². The summed E-state index contributed by atoms with van der Waals surface area (Å²) in [5, 5.41) is 6.44. The SMILES string of the molecule is CCOCCCOC(=O)c1cc2cc(NC(=O)[C@H]3[C@H](C4CCCCC4)CCN3C(=O)C3CCC([C@@H](CF)NC(=O)OC(C)(C)C)CC3)ccc2o1. The van der Waals surface area contributed by atoms with E-state index in [2.05, 4.69) is 10.6 Å². The van der Waals surface area contributed by atoms with E-state index in [0.717, 1.165) is 32.1 Å². The van der Waals surface area contributed by atoms with Crippen LogP contribution in [0.3, 0.4) is 0 Å². The average molecular weight is 714 g/mol. The summed E-state index contributed by atoms with van der Waals surface area (Å²) in [5.74, 6) is -0.602. The minimum atomic E-state index is -0.703. The number of alkyl carbamates (subject to hydrolysis) is 1. The molecule has 1 aromatic carbocycles. The maximum absolute atomic E-state index is 14.2. The summed E-state index contributed by atoms with van der Waals surface area (Å²) in [4.78, 5) is 55.0. The minimum Gasteiger partial charge on any atom is -0.460 e. The molecule has 0 radical (unpaired) electrons. The predicted octanol–water partition coefficient (Wildman–Crippen LogP) is 7.42. The van der Waals surface area contributed by atoms with Gasteiger partial charge in [0.05, 0.1) is 12.6 Å². The summed E-state index contributed by atoms with van der Waals surface area (Å²) >= 11 is 0. The monoisotopic (exact) mass is 713 g/mol. The van der Waals surface area contributed by atoms with E-state index in [9.17, 15) is 23.6 Å². The number of amides is 3. The molecule has 51 heavy (non-hydrogen) atoms. The Bertz CT molecular complexity index is 1490. The molecule has 2 saturated carbocycles. The molecule has 282 valence electrons. The van der Waals surface area contributed by atoms with E-state index in [0.29, 0.717) is 74.4 Å². The molecule has 2 aromatic rings. The van der Waals surface area contributed by atoms with Crippen LogP contribution in [0.4, 0.5) is 14.9 Å². The van der Waals surface area contributed by atoms with Crippen molar-refractivity contribution in [2.75, 3.05) is 38.4 Å². The number of esters is 1. The van der Waals surface area contributed by atoms with Crippen LogP contribution < -0.4 is 10.6 Å². The predicted molar refractivity (Wildman–Crippen MR) is 191 cm³/mol. The second-order valence-corrected chi connectivity index (χ2v) is 15.4. The van der Waals surface area contributed by atoms with Crippen LogP contribution in [0.1, 0.15) is 109 Å². The van der Waals surface area contributed by atoms with Gasteiger partial charge in [-0.25, -0.2) is 14.0 Å². The number of likely N-dealkylation sites (tertiary alicyclic amines) is 1. The molecule has 3 fully saturated rings. The van der Waals surface area contributed by atoms with E-state index in [4.69, 9.17) is 18.6 Å². The molecular weight excluding hydrogens is 657 g/mol. The lowest BCUT2D eigenvalue weighted by Crippen LogP contribution is -2.50. The van der Waals surface area contributed by atoms with Gasteiger partial charge in [-0.15, -0.1) is 0 Å². The molecule has 1 aliphatic heterocycles. The third-order valence-electron chi connectivity index (χ3n) is 10.7. The molecule has 2 heterocycles. The fourth-order valence-corrected chi connectivity index (χ4v) is 8.18. The zero-order valence-corrected chi connectivity index (χ0v) is 30.7. The zero-order chi connectivity index (χ0) is 36.5. The number of benzene rings is 1. The van der Waals surface area contributed by atoms with Crippen LogP contribution in [0.15, 0.2) is 28.7 Å². The second-order valence-electron chi connectivity index (χ2n) is 15.4. The van der Waals surface area contributed by atoms with E-state index in [1.54, 1.807) is 49.9 Å². The largest absolute Gasteiger partial charge is 0.460 e. The van der Waals surface area contributed by atoms with E-state index in [-0.39, 0.29) is 41.9 Å². The number of halogens is 1. The van der Waals surface area contributed by atoms with Gasteiger partial charge < -0.3 is 34.2 Å². The Morgan fingerprint density at radius 1 is 0.980 bits per heavy atom. The number of nitrogens with one attached hydrogen (secondary N) is 2. The number of carbonyl (C=O) groups excluding carboxylic acids is 4. The molecule has 3 aliphatic rings. The van der Waals surface area contributed by atoms with Crippen molar-refractivity contribution in [2.24, 2.45) is 23.7 Å². The van der Waals surface area contributed by atoms with Gasteiger partial charge in [0.25, 0.3) is 0 Å². The molecule has 1 aromatic heterocycles. The average Bonchev–Trinajstić information content (AvgIpc) is 3.75. The van der Waals surface area contributed by atoms with Crippen molar-refractivity contribution in [1.29, 1.82) is 0 Å². The van der Waals surface area contributed by atoms with Crippen LogP contribution in [-0.4, -0.2) is 79.5 Å². The van der Waals surface area contributed by atoms with Crippen LogP contribution in [-0.2, 0) is 23.8 Å². The topological polar surface area (TPSA) is 136 Å². The molecule has 0 unspecified atom stereocenters. The second kappa shape index (κ2) is 17.7. The number of anilines is 1. The van der Waals surface area contributed by atoms with Gasteiger partial charge in [0, 0.05) is 43.2 Å². The first-order chi connectivity index (χ1) is 24.5. The summed E-state index contributed by atoms with van der Waals surface area (Å²) in [5.41, 5.74) is 0.374. The molecule has 12 heteroatoms. The zero-order valence-electron chi connectivity index (χ0n) is 30.7. The fourth-order valence-electron chi connectivity index (χ4n) is 8.18. The molecule has 3 atom stereocenters. The van der Waals surface area contributed by atoms with E-state index >= 15 is 0 Å². The summed E-state index contributed by atoms with van der Waals surface area (Å²) in [7, 11) is 0. The van der Waals surface area contributed by atoms with Crippen LogP contribution >= 0.6 is 0 Å². The van der Waals surface area contributed by atoms with Crippen molar-refractivity contribution >= 4 is 40.5 Å². The number of ether oxygens (including phenoxy) is 3. The lowest BCUT2D eigenvalue weighted by Gasteiger charge is -2.37. The molecule has 0 bridgehead atoms. The fraction of sp³-hybridized carbons (Fsp3) is 0.692. The standard InChI is InChI=1S/C39H56FN3O8/c1-5-48-20-9-21-49-37(46)33-23-28-22-29(16-17-32(28)50-33)41-35(44)34-30(25-10-7-6-8-11-25)18-19-43(34)36(45)27-14-12-26(13-15-27)31(24-40)42-38(47)51-39(2,3)4/h16-17,22-23,25-27,30-31,34H,5-15,18-21,24H2,1-4H3,(H,41,44)(H,42,47)/t26?,27?,30-,31+,34+/m0/s1. The first kappa shape index (κ1) is 38.6. The van der Waals surface area contributed by atoms with Gasteiger partial charge in [0.2, 0.25) is 17.6 Å². The highest BCUT2D eigenvalue weighted by Gasteiger charge is 2.47. The summed E-state index contributed by atoms with van der Waals surface area (Å²) in [6.07, 6.45) is 8.67. The van der Waals surface area contributed by atoms with Gasteiger partial charge in [-0.1, -0.05) is 32.1 Å². The van der Waals surface area contributed by atoms with Gasteiger partial charge in [0.1, 0.15) is 23.9 Å². The molecule has 1 saturated heterocycles. The number of rotatable bonds is 13. The maximum atomic E-state index is 14.2. The lowest BCUT2D eigenvalue weighted by atomic mass is 9.76. The summed E-state index contributed by atoms with van der Waals surface area (Å²) in [6, 6.07) is 5.58. The van der Waals surface area contributed by atoms with Crippen molar-refractivity contribution in [2.45, 2.75) is 116 Å². The van der Waals surface area contributed by atoms with Crippen LogP contribution in [0, 0.1) is 23.7 Å². The van der Waals surface area contributed by atoms with Crippen LogP contribution in [0.25, 0.3) is 11.0 Å². The third-order valence-corrected chi connectivity index (χ3v) is 10.7. The number of furan rings is 1. The van der Waals surface area contributed by atoms with Gasteiger partial charge in [-0.05, 0) is 102 Å². The molecule has 11 nitrogen and oxygen atoms in total. The van der Waals surface area contributed by atoms with Crippen LogP contribution in [0.2, 0.25) is 0 Å². The molecule has 5 rings (SSSR count). The first-order valence-electron chi connectivity index (χ1n) is 18.9. The minimum absolute atomic E-state index is 0.0153. The van der Waals surface area contributed by atoms with Crippen molar-refractivity contribution < 1.29 is 42.2 Å². The number of hydrogen-bond donors (Lipinski definition) is 2. The number of hydrogen-bond acceptors (Lipinski definition) is 8. The van der Waals surface area contributed by atoms with Gasteiger partial charge in [0.15, 0.2) is 0 Å². The highest BCUT2D eigenvalue weighted by atomic mass is 19.1. The Morgan fingerprint density at radius 2 is 1.73 bits per heavy atom. The molecule has 0 spiro atoms. The molecule has 2 N–H and O–H groups in total. The Hall–Kier alpha value is -3.67. The number of fused-ring (bicyclic) bond motifs is 1. The van der Waals surface area contributed by atoms with E-state index in [1.807, 2.05) is 6.92 Å². The number of carbonyl (C=O) groups is 4. The molecule has 3 amide bonds. The van der Waals surface area contributed by atoms with Crippen molar-refractivity contribution in [3.05, 3.63) is 30.0 Å². The quantitative estimate of drug-likeness (QED) is 0.162. The normalized spacial score (nSPS) is 23.5. The smallest absolute Gasteiger partial charge is 0.407 e. The molecular formula is C39H56FN3O8. The maximum Gasteiger partial charge on any atom is 0.407 e. The van der Waals surface area contributed by atoms with Crippen molar-refractivity contribution in [3.8, 4) is 0 Å². The van der Waals surface area contributed by atoms with Gasteiger partial charge in [-0.2, -0.15) is 0 Å². The number of nitrogens with zero attached hydrogens (tertiary/aromatic N) is 1.